The van der Waals surface area contributed by atoms with Gasteiger partial charge in [-0.15, -0.1) is 0 Å². The van der Waals surface area contributed by atoms with Crippen molar-refractivity contribution < 1.29 is 22.7 Å². The van der Waals surface area contributed by atoms with Crippen molar-refractivity contribution in [3.63, 3.8) is 0 Å². The Morgan fingerprint density at radius 2 is 1.97 bits per heavy atom. The van der Waals surface area contributed by atoms with Gasteiger partial charge >= 0.3 is 6.18 Å². The molecule has 1 aliphatic heterocycles. The van der Waals surface area contributed by atoms with E-state index in [1.807, 2.05) is 7.05 Å². The number of nitrogens with one attached hydrogen (secondary N) is 2. The molecule has 1 aromatic carbocycles. The number of rotatable bonds is 6. The van der Waals surface area contributed by atoms with Gasteiger partial charge in [0.15, 0.2) is 11.4 Å². The van der Waals surface area contributed by atoms with Gasteiger partial charge in [-0.25, -0.2) is 9.97 Å². The number of imidazole rings is 1. The van der Waals surface area contributed by atoms with Crippen LogP contribution in [0.1, 0.15) is 36.9 Å². The summed E-state index contributed by atoms with van der Waals surface area (Å²) in [5.74, 6) is 0.883. The second-order valence-corrected chi connectivity index (χ2v) is 9.75. The average molecular weight is 560 g/mol. The lowest BCUT2D eigenvalue weighted by Crippen LogP contribution is -2.18. The first kappa shape index (κ1) is 26.7. The number of hydrogen-bond donors (Lipinski definition) is 2. The van der Waals surface area contributed by atoms with Gasteiger partial charge in [0, 0.05) is 38.0 Å². The molecule has 2 N–H and O–H groups in total. The zero-order chi connectivity index (χ0) is 27.9. The topological polar surface area (TPSA) is 97.2 Å². The van der Waals surface area contributed by atoms with Gasteiger partial charge in [-0.3, -0.25) is 9.69 Å². The molecule has 4 heterocycles. The fraction of sp³-hybridized carbons (Fsp3) is 0.308. The molecule has 0 unspecified atom stereocenters. The summed E-state index contributed by atoms with van der Waals surface area (Å²) < 4.78 is 48.7. The molecule has 0 aliphatic carbocycles. The molecule has 1 aliphatic rings. The van der Waals surface area contributed by atoms with Crippen LogP contribution < -0.4 is 15.4 Å². The maximum Gasteiger partial charge on any atom is 0.416 e. The third kappa shape index (κ3) is 5.62. The Hall–Kier alpha value is -3.90. The minimum absolute atomic E-state index is 0.0940. The Kier molecular flexibility index (Phi) is 7.08. The molecular formula is C26H25ClF3N7O2. The number of amides is 1. The van der Waals surface area contributed by atoms with Crippen LogP contribution in [0, 0.1) is 0 Å². The fourth-order valence-electron chi connectivity index (χ4n) is 4.69. The number of alkyl halides is 3. The zero-order valence-electron chi connectivity index (χ0n) is 21.3. The zero-order valence-corrected chi connectivity index (χ0v) is 22.1. The predicted molar refractivity (Wildman–Crippen MR) is 141 cm³/mol. The Morgan fingerprint density at radius 1 is 1.18 bits per heavy atom. The van der Waals surface area contributed by atoms with Crippen LogP contribution in [0.4, 0.5) is 30.6 Å². The van der Waals surface area contributed by atoms with Gasteiger partial charge in [0.1, 0.15) is 22.1 Å². The third-order valence-electron chi connectivity index (χ3n) is 6.51. The maximum absolute atomic E-state index is 13.8. The average Bonchev–Trinajstić information content (AvgIpc) is 3.43. The Balaban J connectivity index is 1.47. The van der Waals surface area contributed by atoms with Crippen LogP contribution in [0.3, 0.4) is 0 Å². The summed E-state index contributed by atoms with van der Waals surface area (Å²) in [7, 11) is 3.59. The van der Waals surface area contributed by atoms with Gasteiger partial charge in [0.05, 0.1) is 11.8 Å². The van der Waals surface area contributed by atoms with Crippen LogP contribution in [0.5, 0.6) is 11.5 Å². The molecule has 0 saturated carbocycles. The number of carbonyl (C=O) groups is 1. The van der Waals surface area contributed by atoms with Crippen molar-refractivity contribution in [1.29, 1.82) is 0 Å². The van der Waals surface area contributed by atoms with Crippen molar-refractivity contribution in [3.8, 4) is 11.5 Å². The fourth-order valence-corrected chi connectivity index (χ4v) is 4.99. The lowest BCUT2D eigenvalue weighted by molar-refractivity contribution is -0.137. The Bertz CT molecular complexity index is 1560. The van der Waals surface area contributed by atoms with Crippen molar-refractivity contribution in [2.45, 2.75) is 32.0 Å². The summed E-state index contributed by atoms with van der Waals surface area (Å²) in [6.07, 6.45) is 0.0838. The Labute approximate surface area is 227 Å². The van der Waals surface area contributed by atoms with Gasteiger partial charge < -0.3 is 19.9 Å². The van der Waals surface area contributed by atoms with E-state index in [-0.39, 0.29) is 40.0 Å². The quantitative estimate of drug-likeness (QED) is 0.286. The molecule has 39 heavy (non-hydrogen) atoms. The van der Waals surface area contributed by atoms with E-state index in [9.17, 15) is 18.0 Å². The molecule has 1 atom stereocenters. The van der Waals surface area contributed by atoms with E-state index in [0.29, 0.717) is 22.6 Å². The maximum atomic E-state index is 13.8. The van der Waals surface area contributed by atoms with Crippen LogP contribution in [0.2, 0.25) is 5.02 Å². The standard InChI is InChI=1S/C26H25ClF3N7O2/c1-14(38)33-21-12-18(6-7-31-21)39-20-13-32-24-23(22(20)27)37(3)25(35-24)34-17-10-15(19-5-4-8-36(19)2)9-16(11-17)26(28,29)30/h6-7,9-13,19H,4-5,8H2,1-3H3,(H,31,33,38)(H,32,34,35)/t19-/m0/s1. The highest BCUT2D eigenvalue weighted by atomic mass is 35.5. The van der Waals surface area contributed by atoms with E-state index in [0.717, 1.165) is 25.5 Å². The number of halogens is 4. The second kappa shape index (κ2) is 10.3. The van der Waals surface area contributed by atoms with Crippen molar-refractivity contribution in [1.82, 2.24) is 24.4 Å². The first-order chi connectivity index (χ1) is 18.5. The molecule has 1 amide bonds. The molecule has 1 saturated heterocycles. The van der Waals surface area contributed by atoms with E-state index in [1.165, 1.54) is 31.5 Å². The predicted octanol–water partition coefficient (Wildman–Crippen LogP) is 6.30. The van der Waals surface area contributed by atoms with Crippen LogP contribution in [-0.4, -0.2) is 43.9 Å². The summed E-state index contributed by atoms with van der Waals surface area (Å²) >= 11 is 6.66. The largest absolute Gasteiger partial charge is 0.454 e. The first-order valence-electron chi connectivity index (χ1n) is 12.1. The number of ether oxygens (including phenoxy) is 1. The van der Waals surface area contributed by atoms with Crippen LogP contribution >= 0.6 is 11.6 Å². The van der Waals surface area contributed by atoms with Gasteiger partial charge in [-0.1, -0.05) is 11.6 Å². The lowest BCUT2D eigenvalue weighted by Gasteiger charge is -2.22. The Morgan fingerprint density at radius 3 is 2.67 bits per heavy atom. The summed E-state index contributed by atoms with van der Waals surface area (Å²) in [4.78, 5) is 26.2. The number of aromatic nitrogens is 4. The van der Waals surface area contributed by atoms with Crippen molar-refractivity contribution >= 4 is 46.1 Å². The second-order valence-electron chi connectivity index (χ2n) is 9.37. The van der Waals surface area contributed by atoms with E-state index >= 15 is 0 Å². The number of fused-ring (bicyclic) bond motifs is 1. The smallest absolute Gasteiger partial charge is 0.416 e. The van der Waals surface area contributed by atoms with Gasteiger partial charge in [0.2, 0.25) is 11.9 Å². The van der Waals surface area contributed by atoms with E-state index in [1.54, 1.807) is 23.7 Å². The molecule has 204 valence electrons. The molecule has 0 spiro atoms. The SMILES string of the molecule is CC(=O)Nc1cc(Oc2cnc3nc(Nc4cc([C@@H]5CCCN5C)cc(C(F)(F)F)c4)n(C)c3c2Cl)ccn1. The van der Waals surface area contributed by atoms with Gasteiger partial charge in [-0.05, 0) is 56.3 Å². The molecule has 1 fully saturated rings. The summed E-state index contributed by atoms with van der Waals surface area (Å²) in [5.41, 5.74) is 0.830. The number of nitrogens with zero attached hydrogens (tertiary/aromatic N) is 5. The number of aryl methyl sites for hydroxylation is 1. The monoisotopic (exact) mass is 559 g/mol. The van der Waals surface area contributed by atoms with Crippen molar-refractivity contribution in [2.75, 3.05) is 24.2 Å². The number of pyridine rings is 2. The molecule has 3 aromatic heterocycles. The summed E-state index contributed by atoms with van der Waals surface area (Å²) in [6, 6.07) is 7.03. The van der Waals surface area contributed by atoms with Crippen molar-refractivity contribution in [3.05, 3.63) is 58.9 Å². The molecular weight excluding hydrogens is 535 g/mol. The van der Waals surface area contributed by atoms with Crippen LogP contribution in [0.25, 0.3) is 11.2 Å². The first-order valence-corrected chi connectivity index (χ1v) is 12.5. The van der Waals surface area contributed by atoms with Gasteiger partial charge in [0.25, 0.3) is 0 Å². The minimum Gasteiger partial charge on any atom is -0.454 e. The minimum atomic E-state index is -4.50. The molecule has 13 heteroatoms. The van der Waals surface area contributed by atoms with Crippen molar-refractivity contribution in [2.24, 2.45) is 7.05 Å². The normalized spacial score (nSPS) is 16.0. The molecule has 0 bridgehead atoms. The molecule has 9 nitrogen and oxygen atoms in total. The highest BCUT2D eigenvalue weighted by molar-refractivity contribution is 6.36. The summed E-state index contributed by atoms with van der Waals surface area (Å²) in [6.45, 7) is 2.20. The highest BCUT2D eigenvalue weighted by Gasteiger charge is 2.33. The van der Waals surface area contributed by atoms with Crippen LogP contribution in [0.15, 0.2) is 42.7 Å². The number of likely N-dealkylation sites (tertiary alicyclic amines) is 1. The number of benzene rings is 1. The number of anilines is 3. The molecule has 0 radical (unpaired) electrons. The van der Waals surface area contributed by atoms with E-state index < -0.39 is 11.7 Å². The third-order valence-corrected chi connectivity index (χ3v) is 6.88. The number of hydrogen-bond acceptors (Lipinski definition) is 7. The van der Waals surface area contributed by atoms with E-state index in [2.05, 4.69) is 30.5 Å². The molecule has 4 aromatic rings. The summed E-state index contributed by atoms with van der Waals surface area (Å²) in [5, 5.41) is 5.80. The van der Waals surface area contributed by atoms with Crippen LogP contribution in [-0.2, 0) is 18.0 Å². The molecule has 5 rings (SSSR count). The highest BCUT2D eigenvalue weighted by Crippen LogP contribution is 2.39. The lowest BCUT2D eigenvalue weighted by atomic mass is 10.0. The van der Waals surface area contributed by atoms with Gasteiger partial charge in [-0.2, -0.15) is 18.2 Å². The number of carbonyl (C=O) groups excluding carboxylic acids is 1. The van der Waals surface area contributed by atoms with E-state index in [4.69, 9.17) is 16.3 Å².